The minimum atomic E-state index is 0.203. The standard InChI is InChI=1S/C12H14N6OS2/c1-7(2)18-11(13)15-16-12(18)21-6-9-14-10(19-17-9)8-3-4-20-5-8/h3-5,7H,6H2,1-2H3,(H2,13,15). The SMILES string of the molecule is CC(C)n1c(N)nnc1SCc1noc(-c2ccsc2)n1. The van der Waals surface area contributed by atoms with Gasteiger partial charge in [0, 0.05) is 11.4 Å². The van der Waals surface area contributed by atoms with Crippen LogP contribution in [0.1, 0.15) is 25.7 Å². The summed E-state index contributed by atoms with van der Waals surface area (Å²) in [7, 11) is 0. The molecule has 0 fully saturated rings. The number of aromatic nitrogens is 5. The van der Waals surface area contributed by atoms with Crippen LogP contribution in [0.4, 0.5) is 5.95 Å². The Morgan fingerprint density at radius 3 is 3.00 bits per heavy atom. The van der Waals surface area contributed by atoms with E-state index in [-0.39, 0.29) is 6.04 Å². The van der Waals surface area contributed by atoms with Crippen molar-refractivity contribution < 1.29 is 4.52 Å². The molecule has 3 aromatic rings. The Hall–Kier alpha value is -1.87. The van der Waals surface area contributed by atoms with Gasteiger partial charge in [0.25, 0.3) is 5.89 Å². The minimum absolute atomic E-state index is 0.203. The summed E-state index contributed by atoms with van der Waals surface area (Å²) in [5.41, 5.74) is 6.75. The Morgan fingerprint density at radius 1 is 1.43 bits per heavy atom. The molecular formula is C12H14N6OS2. The number of hydrogen-bond acceptors (Lipinski definition) is 8. The number of nitrogen functional groups attached to an aromatic ring is 1. The van der Waals surface area contributed by atoms with Crippen molar-refractivity contribution in [2.24, 2.45) is 0 Å². The van der Waals surface area contributed by atoms with Crippen molar-refractivity contribution in [3.8, 4) is 11.5 Å². The molecule has 9 heteroatoms. The predicted molar refractivity (Wildman–Crippen MR) is 82.0 cm³/mol. The molecule has 0 unspecified atom stereocenters. The van der Waals surface area contributed by atoms with Crippen molar-refractivity contribution in [2.45, 2.75) is 30.8 Å². The maximum atomic E-state index is 5.81. The zero-order valence-corrected chi connectivity index (χ0v) is 13.2. The highest BCUT2D eigenvalue weighted by Gasteiger charge is 2.15. The second-order valence-corrected chi connectivity index (χ2v) is 6.34. The molecule has 0 spiro atoms. The van der Waals surface area contributed by atoms with Gasteiger partial charge in [0.05, 0.1) is 11.3 Å². The molecule has 0 saturated carbocycles. The van der Waals surface area contributed by atoms with Crippen LogP contribution >= 0.6 is 23.1 Å². The van der Waals surface area contributed by atoms with Gasteiger partial charge in [-0.3, -0.25) is 4.57 Å². The predicted octanol–water partition coefficient (Wildman–Crippen LogP) is 2.85. The highest BCUT2D eigenvalue weighted by molar-refractivity contribution is 7.98. The summed E-state index contributed by atoms with van der Waals surface area (Å²) in [6, 6.07) is 2.15. The van der Waals surface area contributed by atoms with Crippen molar-refractivity contribution in [3.05, 3.63) is 22.7 Å². The molecule has 3 rings (SSSR count). The summed E-state index contributed by atoms with van der Waals surface area (Å²) in [4.78, 5) is 4.37. The lowest BCUT2D eigenvalue weighted by molar-refractivity contribution is 0.425. The van der Waals surface area contributed by atoms with Gasteiger partial charge >= 0.3 is 0 Å². The van der Waals surface area contributed by atoms with E-state index in [0.29, 0.717) is 23.4 Å². The van der Waals surface area contributed by atoms with Crippen LogP contribution in [0.15, 0.2) is 26.5 Å². The Bertz CT molecular complexity index is 718. The highest BCUT2D eigenvalue weighted by Crippen LogP contribution is 2.26. The average Bonchev–Trinajstić information content (AvgIpc) is 3.16. The van der Waals surface area contributed by atoms with E-state index in [2.05, 4.69) is 20.3 Å². The number of thioether (sulfide) groups is 1. The van der Waals surface area contributed by atoms with Crippen LogP contribution in [0, 0.1) is 0 Å². The number of nitrogens with zero attached hydrogens (tertiary/aromatic N) is 5. The molecule has 7 nitrogen and oxygen atoms in total. The fourth-order valence-corrected chi connectivity index (χ4v) is 3.36. The molecule has 21 heavy (non-hydrogen) atoms. The summed E-state index contributed by atoms with van der Waals surface area (Å²) < 4.78 is 7.12. The van der Waals surface area contributed by atoms with E-state index in [1.165, 1.54) is 11.8 Å². The van der Waals surface area contributed by atoms with Gasteiger partial charge in [-0.25, -0.2) is 0 Å². The van der Waals surface area contributed by atoms with Gasteiger partial charge in [0.2, 0.25) is 5.95 Å². The van der Waals surface area contributed by atoms with E-state index in [0.717, 1.165) is 10.7 Å². The van der Waals surface area contributed by atoms with Gasteiger partial charge < -0.3 is 10.3 Å². The topological polar surface area (TPSA) is 95.7 Å². The average molecular weight is 322 g/mol. The maximum absolute atomic E-state index is 5.81. The molecule has 0 saturated heterocycles. The first-order chi connectivity index (χ1) is 10.1. The maximum Gasteiger partial charge on any atom is 0.258 e. The summed E-state index contributed by atoms with van der Waals surface area (Å²) in [6.07, 6.45) is 0. The molecule has 0 aliphatic carbocycles. The number of anilines is 1. The molecule has 0 bridgehead atoms. The number of hydrogen-bond donors (Lipinski definition) is 1. The first kappa shape index (κ1) is 14.1. The van der Waals surface area contributed by atoms with Gasteiger partial charge in [-0.1, -0.05) is 16.9 Å². The van der Waals surface area contributed by atoms with Crippen LogP contribution in [0.3, 0.4) is 0 Å². The van der Waals surface area contributed by atoms with E-state index in [9.17, 15) is 0 Å². The third-order valence-electron chi connectivity index (χ3n) is 2.77. The molecule has 0 radical (unpaired) electrons. The van der Waals surface area contributed by atoms with Crippen LogP contribution in [-0.2, 0) is 5.75 Å². The van der Waals surface area contributed by atoms with Gasteiger partial charge in [-0.2, -0.15) is 16.3 Å². The Morgan fingerprint density at radius 2 is 2.29 bits per heavy atom. The van der Waals surface area contributed by atoms with E-state index in [1.807, 2.05) is 35.2 Å². The van der Waals surface area contributed by atoms with E-state index in [4.69, 9.17) is 10.3 Å². The lowest BCUT2D eigenvalue weighted by Gasteiger charge is -2.10. The zero-order chi connectivity index (χ0) is 14.8. The summed E-state index contributed by atoms with van der Waals surface area (Å²) >= 11 is 3.08. The van der Waals surface area contributed by atoms with Gasteiger partial charge in [0.15, 0.2) is 11.0 Å². The zero-order valence-electron chi connectivity index (χ0n) is 11.6. The highest BCUT2D eigenvalue weighted by atomic mass is 32.2. The smallest absolute Gasteiger partial charge is 0.258 e. The first-order valence-electron chi connectivity index (χ1n) is 6.33. The largest absolute Gasteiger partial charge is 0.368 e. The third kappa shape index (κ3) is 2.93. The Balaban J connectivity index is 1.71. The van der Waals surface area contributed by atoms with Crippen LogP contribution in [0.2, 0.25) is 0 Å². The van der Waals surface area contributed by atoms with Crippen molar-refractivity contribution >= 4 is 29.0 Å². The van der Waals surface area contributed by atoms with E-state index >= 15 is 0 Å². The molecule has 110 valence electrons. The van der Waals surface area contributed by atoms with Gasteiger partial charge in [-0.05, 0) is 25.3 Å². The monoisotopic (exact) mass is 322 g/mol. The minimum Gasteiger partial charge on any atom is -0.368 e. The molecule has 0 atom stereocenters. The van der Waals surface area contributed by atoms with Crippen molar-refractivity contribution in [2.75, 3.05) is 5.73 Å². The number of rotatable bonds is 5. The Labute approximate surface area is 129 Å². The fraction of sp³-hybridized carbons (Fsp3) is 0.333. The van der Waals surface area contributed by atoms with Crippen LogP contribution in [-0.4, -0.2) is 24.9 Å². The van der Waals surface area contributed by atoms with Crippen molar-refractivity contribution in [3.63, 3.8) is 0 Å². The molecular weight excluding hydrogens is 308 g/mol. The second-order valence-electron chi connectivity index (χ2n) is 4.62. The fourth-order valence-electron chi connectivity index (χ4n) is 1.82. The number of thiophene rings is 1. The van der Waals surface area contributed by atoms with Crippen LogP contribution < -0.4 is 5.73 Å². The van der Waals surface area contributed by atoms with E-state index < -0.39 is 0 Å². The van der Waals surface area contributed by atoms with Gasteiger partial charge in [-0.15, -0.1) is 10.2 Å². The molecule has 0 aromatic carbocycles. The first-order valence-corrected chi connectivity index (χ1v) is 8.26. The molecule has 3 aromatic heterocycles. The summed E-state index contributed by atoms with van der Waals surface area (Å²) in [5, 5.41) is 16.7. The third-order valence-corrected chi connectivity index (χ3v) is 4.40. The molecule has 0 aliphatic heterocycles. The lowest BCUT2D eigenvalue weighted by atomic mass is 10.3. The normalized spacial score (nSPS) is 11.4. The van der Waals surface area contributed by atoms with Gasteiger partial charge in [0.1, 0.15) is 0 Å². The second kappa shape index (κ2) is 5.86. The van der Waals surface area contributed by atoms with Crippen molar-refractivity contribution in [1.29, 1.82) is 0 Å². The van der Waals surface area contributed by atoms with Crippen molar-refractivity contribution in [1.82, 2.24) is 24.9 Å². The van der Waals surface area contributed by atoms with Crippen LogP contribution in [0.25, 0.3) is 11.5 Å². The number of nitrogens with two attached hydrogens (primary N) is 1. The summed E-state index contributed by atoms with van der Waals surface area (Å²) in [6.45, 7) is 4.07. The Kier molecular flexibility index (Phi) is 3.93. The molecule has 2 N–H and O–H groups in total. The van der Waals surface area contributed by atoms with E-state index in [1.54, 1.807) is 11.3 Å². The molecule has 3 heterocycles. The lowest BCUT2D eigenvalue weighted by Crippen LogP contribution is -2.07. The molecule has 0 aliphatic rings. The van der Waals surface area contributed by atoms with Crippen LogP contribution in [0.5, 0.6) is 0 Å². The summed E-state index contributed by atoms with van der Waals surface area (Å²) in [5.74, 6) is 2.13. The quantitative estimate of drug-likeness (QED) is 0.721. The molecule has 0 amide bonds.